The number of rotatable bonds is 10. The van der Waals surface area contributed by atoms with Gasteiger partial charge in [-0.1, -0.05) is 13.3 Å². The Labute approximate surface area is 169 Å². The van der Waals surface area contributed by atoms with E-state index in [4.69, 9.17) is 9.47 Å². The quantitative estimate of drug-likeness (QED) is 0.227. The first kappa shape index (κ1) is 24.4. The molecule has 1 rings (SSSR count). The molecule has 1 N–H and O–H groups in total. The van der Waals surface area contributed by atoms with Gasteiger partial charge in [-0.05, 0) is 12.8 Å². The Hall–Kier alpha value is -0.610. The molecule has 0 aromatic heterocycles. The number of halogens is 1. The van der Waals surface area contributed by atoms with Crippen LogP contribution in [-0.2, 0) is 14.3 Å². The molecule has 0 spiro atoms. The first-order chi connectivity index (χ1) is 11.6. The lowest BCUT2D eigenvalue weighted by Gasteiger charge is -2.22. The highest BCUT2D eigenvalue weighted by molar-refractivity contribution is 14.0. The number of likely N-dealkylation sites (tertiary alicyclic amines) is 1. The minimum absolute atomic E-state index is 0. The fourth-order valence-corrected chi connectivity index (χ4v) is 2.48. The number of aliphatic imine (C=N–C) groups is 1. The first-order valence-electron chi connectivity index (χ1n) is 8.88. The zero-order chi connectivity index (χ0) is 17.8. The van der Waals surface area contributed by atoms with E-state index in [9.17, 15) is 4.79 Å². The van der Waals surface area contributed by atoms with Gasteiger partial charge < -0.3 is 24.6 Å². The monoisotopic (exact) mass is 470 g/mol. The van der Waals surface area contributed by atoms with Crippen LogP contribution >= 0.6 is 24.0 Å². The van der Waals surface area contributed by atoms with Crippen molar-refractivity contribution in [3.63, 3.8) is 0 Å². The summed E-state index contributed by atoms with van der Waals surface area (Å²) in [7, 11) is 5.19. The number of hydrogen-bond donors (Lipinski definition) is 1. The molecule has 0 saturated carbocycles. The Balaban J connectivity index is 0.00000576. The fourth-order valence-electron chi connectivity index (χ4n) is 2.48. The Morgan fingerprint density at radius 3 is 2.76 bits per heavy atom. The molecule has 25 heavy (non-hydrogen) atoms. The van der Waals surface area contributed by atoms with Gasteiger partial charge in [0.15, 0.2) is 5.96 Å². The maximum atomic E-state index is 11.8. The summed E-state index contributed by atoms with van der Waals surface area (Å²) in [5.41, 5.74) is 0. The summed E-state index contributed by atoms with van der Waals surface area (Å²) in [6.45, 7) is 7.13. The van der Waals surface area contributed by atoms with Crippen LogP contribution in [0.3, 0.4) is 0 Å². The van der Waals surface area contributed by atoms with E-state index in [-0.39, 0.29) is 36.4 Å². The van der Waals surface area contributed by atoms with Crippen molar-refractivity contribution in [2.45, 2.75) is 26.2 Å². The molecule has 0 radical (unpaired) electrons. The van der Waals surface area contributed by atoms with Crippen LogP contribution in [-0.4, -0.2) is 88.9 Å². The van der Waals surface area contributed by atoms with E-state index >= 15 is 0 Å². The van der Waals surface area contributed by atoms with Gasteiger partial charge in [0.25, 0.3) is 0 Å². The molecular formula is C17H35IN4O3. The van der Waals surface area contributed by atoms with E-state index < -0.39 is 0 Å². The van der Waals surface area contributed by atoms with Crippen LogP contribution in [0.25, 0.3) is 0 Å². The van der Waals surface area contributed by atoms with Gasteiger partial charge in [0.2, 0.25) is 5.91 Å². The van der Waals surface area contributed by atoms with Crippen molar-refractivity contribution in [3.8, 4) is 0 Å². The van der Waals surface area contributed by atoms with Crippen molar-refractivity contribution in [1.29, 1.82) is 0 Å². The number of amides is 1. The number of unbranched alkanes of at least 4 members (excludes halogenated alkanes) is 1. The molecule has 0 aromatic rings. The van der Waals surface area contributed by atoms with Crippen molar-refractivity contribution in [1.82, 2.24) is 15.1 Å². The third-order valence-corrected chi connectivity index (χ3v) is 4.05. The summed E-state index contributed by atoms with van der Waals surface area (Å²) in [5.74, 6) is 1.37. The molecule has 0 aromatic carbocycles. The van der Waals surface area contributed by atoms with Crippen molar-refractivity contribution in [3.05, 3.63) is 0 Å². The topological polar surface area (TPSA) is 66.4 Å². The van der Waals surface area contributed by atoms with Gasteiger partial charge in [-0.3, -0.25) is 4.79 Å². The lowest BCUT2D eigenvalue weighted by molar-refractivity contribution is -0.127. The van der Waals surface area contributed by atoms with Crippen molar-refractivity contribution >= 4 is 35.8 Å². The van der Waals surface area contributed by atoms with Gasteiger partial charge in [0.05, 0.1) is 19.8 Å². The standard InChI is InChI=1S/C17H34N4O3.HI/c1-5-6-8-18-17(19-12-16(22)20(2)3)21-9-7-15(13-21)14-24-11-10-23-4;/h15H,5-14H2,1-4H3,(H,18,19);1H. The van der Waals surface area contributed by atoms with Crippen LogP contribution in [0, 0.1) is 5.92 Å². The highest BCUT2D eigenvalue weighted by Crippen LogP contribution is 2.16. The number of methoxy groups -OCH3 is 1. The number of nitrogens with one attached hydrogen (secondary N) is 1. The van der Waals surface area contributed by atoms with Gasteiger partial charge >= 0.3 is 0 Å². The molecule has 1 amide bonds. The largest absolute Gasteiger partial charge is 0.382 e. The van der Waals surface area contributed by atoms with Crippen molar-refractivity contribution in [2.24, 2.45) is 10.9 Å². The molecular weight excluding hydrogens is 435 g/mol. The maximum absolute atomic E-state index is 11.8. The molecule has 1 saturated heterocycles. The average molecular weight is 470 g/mol. The summed E-state index contributed by atoms with van der Waals surface area (Å²) in [5, 5.41) is 3.40. The Bertz CT molecular complexity index is 394. The highest BCUT2D eigenvalue weighted by Gasteiger charge is 2.25. The Morgan fingerprint density at radius 2 is 2.12 bits per heavy atom. The average Bonchev–Trinajstić information content (AvgIpc) is 3.03. The number of hydrogen-bond acceptors (Lipinski definition) is 4. The van der Waals surface area contributed by atoms with E-state index in [1.54, 1.807) is 26.1 Å². The summed E-state index contributed by atoms with van der Waals surface area (Å²) in [6.07, 6.45) is 3.31. The Kier molecular flexibility index (Phi) is 14.2. The number of guanidine groups is 1. The summed E-state index contributed by atoms with van der Waals surface area (Å²) in [4.78, 5) is 20.1. The van der Waals surface area contributed by atoms with Gasteiger partial charge in [-0.15, -0.1) is 24.0 Å². The van der Waals surface area contributed by atoms with Crippen molar-refractivity contribution < 1.29 is 14.3 Å². The summed E-state index contributed by atoms with van der Waals surface area (Å²) >= 11 is 0. The highest BCUT2D eigenvalue weighted by atomic mass is 127. The van der Waals surface area contributed by atoms with E-state index in [0.717, 1.165) is 51.5 Å². The number of carbonyl (C=O) groups is 1. The number of likely N-dealkylation sites (N-methyl/N-ethyl adjacent to an activating group) is 1. The molecule has 1 aliphatic heterocycles. The van der Waals surface area contributed by atoms with Gasteiger partial charge in [0, 0.05) is 46.8 Å². The van der Waals surface area contributed by atoms with E-state index in [0.29, 0.717) is 19.1 Å². The van der Waals surface area contributed by atoms with E-state index in [1.807, 2.05) is 0 Å². The molecule has 1 heterocycles. The van der Waals surface area contributed by atoms with Crippen LogP contribution in [0.4, 0.5) is 0 Å². The number of ether oxygens (including phenoxy) is 2. The van der Waals surface area contributed by atoms with E-state index in [1.165, 1.54) is 0 Å². The summed E-state index contributed by atoms with van der Waals surface area (Å²) in [6, 6.07) is 0. The van der Waals surface area contributed by atoms with Crippen LogP contribution in [0.5, 0.6) is 0 Å². The minimum atomic E-state index is 0. The molecule has 1 unspecified atom stereocenters. The number of carbonyl (C=O) groups excluding carboxylic acids is 1. The minimum Gasteiger partial charge on any atom is -0.382 e. The van der Waals surface area contributed by atoms with Crippen LogP contribution in [0.1, 0.15) is 26.2 Å². The predicted molar refractivity (Wildman–Crippen MR) is 112 cm³/mol. The Morgan fingerprint density at radius 1 is 1.36 bits per heavy atom. The maximum Gasteiger partial charge on any atom is 0.243 e. The molecule has 0 bridgehead atoms. The van der Waals surface area contributed by atoms with Crippen LogP contribution in [0.15, 0.2) is 4.99 Å². The molecule has 1 atom stereocenters. The van der Waals surface area contributed by atoms with Crippen molar-refractivity contribution in [2.75, 3.05) is 67.2 Å². The van der Waals surface area contributed by atoms with Gasteiger partial charge in [0.1, 0.15) is 6.54 Å². The lowest BCUT2D eigenvalue weighted by atomic mass is 10.1. The smallest absolute Gasteiger partial charge is 0.243 e. The third-order valence-electron chi connectivity index (χ3n) is 4.05. The normalized spacial score (nSPS) is 17.4. The molecule has 8 heteroatoms. The second kappa shape index (κ2) is 14.5. The zero-order valence-electron chi connectivity index (χ0n) is 16.1. The van der Waals surface area contributed by atoms with Crippen LogP contribution < -0.4 is 5.32 Å². The predicted octanol–water partition coefficient (Wildman–Crippen LogP) is 1.42. The van der Waals surface area contributed by atoms with Crippen LogP contribution in [0.2, 0.25) is 0 Å². The number of nitrogens with zero attached hydrogens (tertiary/aromatic N) is 3. The fraction of sp³-hybridized carbons (Fsp3) is 0.882. The first-order valence-corrected chi connectivity index (χ1v) is 8.88. The molecule has 1 aliphatic rings. The second-order valence-corrected chi connectivity index (χ2v) is 6.38. The van der Waals surface area contributed by atoms with Gasteiger partial charge in [-0.25, -0.2) is 4.99 Å². The molecule has 7 nitrogen and oxygen atoms in total. The molecule has 0 aliphatic carbocycles. The SMILES string of the molecule is CCCCNC(=NCC(=O)N(C)C)N1CCC(COCCOC)C1.I. The second-order valence-electron chi connectivity index (χ2n) is 6.38. The molecule has 1 fully saturated rings. The lowest BCUT2D eigenvalue weighted by Crippen LogP contribution is -2.41. The third kappa shape index (κ3) is 10.2. The van der Waals surface area contributed by atoms with E-state index in [2.05, 4.69) is 22.1 Å². The molecule has 148 valence electrons. The van der Waals surface area contributed by atoms with Gasteiger partial charge in [-0.2, -0.15) is 0 Å². The zero-order valence-corrected chi connectivity index (χ0v) is 18.5. The summed E-state index contributed by atoms with van der Waals surface area (Å²) < 4.78 is 10.6.